The third kappa shape index (κ3) is 3.35. The van der Waals surface area contributed by atoms with Crippen molar-refractivity contribution >= 4 is 29.2 Å². The van der Waals surface area contributed by atoms with Crippen LogP contribution in [-0.2, 0) is 9.53 Å². The van der Waals surface area contributed by atoms with Crippen LogP contribution in [0.2, 0.25) is 5.02 Å². The molecular formula is C11H13ClN2O3. The number of anilines is 1. The number of carbonyl (C=O) groups is 2. The van der Waals surface area contributed by atoms with E-state index in [0.29, 0.717) is 5.02 Å². The van der Waals surface area contributed by atoms with Crippen molar-refractivity contribution in [1.29, 1.82) is 0 Å². The fraction of sp³-hybridized carbons (Fsp3) is 0.273. The second-order valence-electron chi connectivity index (χ2n) is 3.39. The van der Waals surface area contributed by atoms with Crippen molar-refractivity contribution in [2.75, 3.05) is 12.8 Å². The minimum absolute atomic E-state index is 0.147. The van der Waals surface area contributed by atoms with Gasteiger partial charge in [0, 0.05) is 17.8 Å². The average Bonchev–Trinajstić information content (AvgIpc) is 2.30. The van der Waals surface area contributed by atoms with Gasteiger partial charge in [-0.15, -0.1) is 0 Å². The van der Waals surface area contributed by atoms with Gasteiger partial charge < -0.3 is 15.8 Å². The van der Waals surface area contributed by atoms with Crippen LogP contribution in [0.4, 0.5) is 5.69 Å². The highest BCUT2D eigenvalue weighted by molar-refractivity contribution is 6.31. The van der Waals surface area contributed by atoms with E-state index < -0.39 is 12.1 Å². The van der Waals surface area contributed by atoms with Crippen LogP contribution in [0.25, 0.3) is 0 Å². The Balaban J connectivity index is 2.83. The standard InChI is InChI=1S/C11H13ClN2O3/c1-6(10(15)14-2)17-11(16)8-5-7(12)3-4-9(8)13/h3-6H,13H2,1-2H3,(H,14,15). The lowest BCUT2D eigenvalue weighted by Crippen LogP contribution is -2.33. The maximum absolute atomic E-state index is 11.7. The van der Waals surface area contributed by atoms with Crippen LogP contribution in [0.3, 0.4) is 0 Å². The Labute approximate surface area is 104 Å². The molecule has 3 N–H and O–H groups in total. The molecule has 5 nitrogen and oxygen atoms in total. The average molecular weight is 257 g/mol. The van der Waals surface area contributed by atoms with Crippen molar-refractivity contribution in [2.45, 2.75) is 13.0 Å². The van der Waals surface area contributed by atoms with Gasteiger partial charge in [0.25, 0.3) is 5.91 Å². The number of esters is 1. The first-order valence-corrected chi connectivity index (χ1v) is 5.31. The summed E-state index contributed by atoms with van der Waals surface area (Å²) in [5.74, 6) is -1.07. The van der Waals surface area contributed by atoms with Gasteiger partial charge in [0.2, 0.25) is 0 Å². The highest BCUT2D eigenvalue weighted by atomic mass is 35.5. The van der Waals surface area contributed by atoms with Gasteiger partial charge in [-0.25, -0.2) is 4.79 Å². The zero-order valence-corrected chi connectivity index (χ0v) is 10.2. The quantitative estimate of drug-likeness (QED) is 0.629. The molecule has 6 heteroatoms. The van der Waals surface area contributed by atoms with Crippen molar-refractivity contribution in [2.24, 2.45) is 0 Å². The van der Waals surface area contributed by atoms with E-state index in [0.717, 1.165) is 0 Å². The molecule has 0 fully saturated rings. The number of rotatable bonds is 3. The molecule has 0 aromatic heterocycles. The minimum Gasteiger partial charge on any atom is -0.449 e. The zero-order valence-electron chi connectivity index (χ0n) is 9.49. The van der Waals surface area contributed by atoms with Gasteiger partial charge in [-0.05, 0) is 25.1 Å². The van der Waals surface area contributed by atoms with Crippen molar-refractivity contribution < 1.29 is 14.3 Å². The summed E-state index contributed by atoms with van der Waals surface area (Å²) in [5, 5.41) is 2.75. The molecular weight excluding hydrogens is 244 g/mol. The SMILES string of the molecule is CNC(=O)C(C)OC(=O)c1cc(Cl)ccc1N. The molecule has 1 amide bonds. The van der Waals surface area contributed by atoms with Gasteiger partial charge >= 0.3 is 5.97 Å². The number of benzene rings is 1. The smallest absolute Gasteiger partial charge is 0.341 e. The molecule has 1 rings (SSSR count). The molecule has 1 unspecified atom stereocenters. The van der Waals surface area contributed by atoms with E-state index in [1.807, 2.05) is 0 Å². The fourth-order valence-electron chi connectivity index (χ4n) is 1.19. The number of likely N-dealkylation sites (N-methyl/N-ethyl adjacent to an activating group) is 1. The Hall–Kier alpha value is -1.75. The first-order chi connectivity index (χ1) is 7.95. The lowest BCUT2D eigenvalue weighted by molar-refractivity contribution is -0.128. The Bertz CT molecular complexity index is 448. The van der Waals surface area contributed by atoms with Crippen LogP contribution < -0.4 is 11.1 Å². The summed E-state index contributed by atoms with van der Waals surface area (Å²) in [6.07, 6.45) is -0.883. The summed E-state index contributed by atoms with van der Waals surface area (Å²) < 4.78 is 4.94. The normalized spacial score (nSPS) is 11.7. The number of ether oxygens (including phenoxy) is 1. The molecule has 1 aromatic rings. The second-order valence-corrected chi connectivity index (χ2v) is 3.83. The van der Waals surface area contributed by atoms with Crippen molar-refractivity contribution in [1.82, 2.24) is 5.32 Å². The second kappa shape index (κ2) is 5.54. The molecule has 0 radical (unpaired) electrons. The summed E-state index contributed by atoms with van der Waals surface area (Å²) >= 11 is 5.74. The molecule has 92 valence electrons. The van der Waals surface area contributed by atoms with Gasteiger partial charge in [-0.3, -0.25) is 4.79 Å². The number of halogens is 1. The highest BCUT2D eigenvalue weighted by Crippen LogP contribution is 2.19. The third-order valence-electron chi connectivity index (χ3n) is 2.13. The summed E-state index contributed by atoms with van der Waals surface area (Å²) in [6.45, 7) is 1.47. The molecule has 0 spiro atoms. The molecule has 1 atom stereocenters. The van der Waals surface area contributed by atoms with E-state index >= 15 is 0 Å². The Kier molecular flexibility index (Phi) is 4.34. The topological polar surface area (TPSA) is 81.4 Å². The molecule has 0 aliphatic heterocycles. The lowest BCUT2D eigenvalue weighted by Gasteiger charge is -2.12. The summed E-state index contributed by atoms with van der Waals surface area (Å²) in [4.78, 5) is 22.9. The Morgan fingerprint density at radius 1 is 1.47 bits per heavy atom. The highest BCUT2D eigenvalue weighted by Gasteiger charge is 2.19. The Morgan fingerprint density at radius 3 is 2.71 bits per heavy atom. The van der Waals surface area contributed by atoms with E-state index in [-0.39, 0.29) is 17.2 Å². The molecule has 0 bridgehead atoms. The first kappa shape index (κ1) is 13.3. The number of carbonyl (C=O) groups excluding carboxylic acids is 2. The van der Waals surface area contributed by atoms with E-state index in [2.05, 4.69) is 5.32 Å². The minimum atomic E-state index is -0.883. The summed E-state index contributed by atoms with van der Waals surface area (Å²) in [5.41, 5.74) is 6.01. The zero-order chi connectivity index (χ0) is 13.0. The summed E-state index contributed by atoms with van der Waals surface area (Å²) in [7, 11) is 1.46. The number of nitrogen functional groups attached to an aromatic ring is 1. The fourth-order valence-corrected chi connectivity index (χ4v) is 1.36. The molecule has 0 saturated heterocycles. The maximum Gasteiger partial charge on any atom is 0.341 e. The van der Waals surface area contributed by atoms with E-state index in [9.17, 15) is 9.59 Å². The number of nitrogens with one attached hydrogen (secondary N) is 1. The number of amides is 1. The van der Waals surface area contributed by atoms with Crippen molar-refractivity contribution in [3.05, 3.63) is 28.8 Å². The Morgan fingerprint density at radius 2 is 2.12 bits per heavy atom. The van der Waals surface area contributed by atoms with Crippen LogP contribution in [0.1, 0.15) is 17.3 Å². The van der Waals surface area contributed by atoms with Crippen LogP contribution in [0.5, 0.6) is 0 Å². The molecule has 17 heavy (non-hydrogen) atoms. The van der Waals surface area contributed by atoms with E-state index in [1.165, 1.54) is 26.1 Å². The first-order valence-electron chi connectivity index (χ1n) is 4.93. The molecule has 1 aromatic carbocycles. The lowest BCUT2D eigenvalue weighted by atomic mass is 10.2. The summed E-state index contributed by atoms with van der Waals surface area (Å²) in [6, 6.07) is 4.47. The van der Waals surface area contributed by atoms with Crippen molar-refractivity contribution in [3.8, 4) is 0 Å². The molecule has 0 aliphatic carbocycles. The van der Waals surface area contributed by atoms with E-state index in [4.69, 9.17) is 22.1 Å². The number of nitrogens with two attached hydrogens (primary N) is 1. The monoisotopic (exact) mass is 256 g/mol. The van der Waals surface area contributed by atoms with Crippen LogP contribution in [-0.4, -0.2) is 25.0 Å². The largest absolute Gasteiger partial charge is 0.449 e. The van der Waals surface area contributed by atoms with Crippen LogP contribution in [0, 0.1) is 0 Å². The van der Waals surface area contributed by atoms with Gasteiger partial charge in [-0.1, -0.05) is 11.6 Å². The molecule has 0 saturated carbocycles. The molecule has 0 heterocycles. The number of hydrogen-bond donors (Lipinski definition) is 2. The molecule has 0 aliphatic rings. The predicted octanol–water partition coefficient (Wildman–Crippen LogP) is 1.21. The third-order valence-corrected chi connectivity index (χ3v) is 2.37. The maximum atomic E-state index is 11.7. The van der Waals surface area contributed by atoms with Gasteiger partial charge in [0.05, 0.1) is 5.56 Å². The van der Waals surface area contributed by atoms with Gasteiger partial charge in [0.1, 0.15) is 0 Å². The van der Waals surface area contributed by atoms with Gasteiger partial charge in [-0.2, -0.15) is 0 Å². The van der Waals surface area contributed by atoms with Crippen molar-refractivity contribution in [3.63, 3.8) is 0 Å². The van der Waals surface area contributed by atoms with E-state index in [1.54, 1.807) is 6.07 Å². The van der Waals surface area contributed by atoms with Crippen LogP contribution in [0.15, 0.2) is 18.2 Å². The van der Waals surface area contributed by atoms with Crippen LogP contribution >= 0.6 is 11.6 Å². The van der Waals surface area contributed by atoms with Gasteiger partial charge in [0.15, 0.2) is 6.10 Å². The predicted molar refractivity (Wildman–Crippen MR) is 64.8 cm³/mol. The number of hydrogen-bond acceptors (Lipinski definition) is 4.